The van der Waals surface area contributed by atoms with Crippen molar-refractivity contribution in [1.82, 2.24) is 25.6 Å². The molecule has 4 rings (SSSR count). The molecule has 0 radical (unpaired) electrons. The number of fused-ring (bicyclic) bond motifs is 1. The number of aromatic amines is 1. The van der Waals surface area contributed by atoms with Crippen molar-refractivity contribution >= 4 is 57.7 Å². The molecule has 8 nitrogen and oxygen atoms in total. The predicted molar refractivity (Wildman–Crippen MR) is 131 cm³/mol. The highest BCUT2D eigenvalue weighted by Gasteiger charge is 2.14. The number of carbonyl (C=O) groups is 1. The van der Waals surface area contributed by atoms with Crippen LogP contribution in [0, 0.1) is 0 Å². The van der Waals surface area contributed by atoms with Crippen LogP contribution >= 0.6 is 12.2 Å². The lowest BCUT2D eigenvalue weighted by atomic mass is 10.1. The van der Waals surface area contributed by atoms with E-state index in [-0.39, 0.29) is 11.0 Å². The lowest BCUT2D eigenvalue weighted by Gasteiger charge is -2.19. The first-order valence-corrected chi connectivity index (χ1v) is 10.2. The van der Waals surface area contributed by atoms with Gasteiger partial charge >= 0.3 is 0 Å². The van der Waals surface area contributed by atoms with Crippen molar-refractivity contribution in [3.8, 4) is 0 Å². The number of hydrogen-bond donors (Lipinski definition) is 4. The zero-order chi connectivity index (χ0) is 22.5. The molecule has 0 aliphatic carbocycles. The third kappa shape index (κ3) is 4.73. The third-order valence-corrected chi connectivity index (χ3v) is 5.02. The number of hydrogen-bond acceptors (Lipinski definition) is 5. The average molecular weight is 444 g/mol. The zero-order valence-electron chi connectivity index (χ0n) is 17.2. The van der Waals surface area contributed by atoms with E-state index in [1.807, 2.05) is 60.7 Å². The van der Waals surface area contributed by atoms with Crippen LogP contribution in [0.15, 0.2) is 66.9 Å². The standard InChI is InChI=1S/C23H21N7OS/c1-30(23(24)32)29-22(31)18-7-2-3-8-19(18)26-16-9-11-17-20(27-28-21(17)14-16)12-10-15-6-4-5-13-25-15/h2-14,26H,1H3,(H2,24,32)(H,27,28)(H,29,31)/b12-10+. The van der Waals surface area contributed by atoms with Gasteiger partial charge in [0.25, 0.3) is 5.91 Å². The molecular weight excluding hydrogens is 422 g/mol. The second-order valence-electron chi connectivity index (χ2n) is 6.97. The molecule has 32 heavy (non-hydrogen) atoms. The minimum Gasteiger partial charge on any atom is -0.375 e. The minimum absolute atomic E-state index is 0.0707. The molecule has 0 aliphatic heterocycles. The molecule has 5 N–H and O–H groups in total. The van der Waals surface area contributed by atoms with Crippen molar-refractivity contribution in [2.24, 2.45) is 5.73 Å². The van der Waals surface area contributed by atoms with Crippen molar-refractivity contribution in [2.45, 2.75) is 0 Å². The number of anilines is 2. The molecule has 160 valence electrons. The topological polar surface area (TPSA) is 112 Å². The van der Waals surface area contributed by atoms with Crippen molar-refractivity contribution in [2.75, 3.05) is 12.4 Å². The monoisotopic (exact) mass is 443 g/mol. The summed E-state index contributed by atoms with van der Waals surface area (Å²) in [6.07, 6.45) is 5.59. The molecule has 0 atom stereocenters. The van der Waals surface area contributed by atoms with Gasteiger partial charge in [-0.1, -0.05) is 18.2 Å². The summed E-state index contributed by atoms with van der Waals surface area (Å²) < 4.78 is 0. The molecule has 0 saturated heterocycles. The molecule has 4 aromatic rings. The number of pyridine rings is 1. The van der Waals surface area contributed by atoms with Crippen LogP contribution in [0.2, 0.25) is 0 Å². The lowest BCUT2D eigenvalue weighted by Crippen LogP contribution is -2.46. The number of nitrogens with one attached hydrogen (secondary N) is 3. The van der Waals surface area contributed by atoms with Gasteiger partial charge in [-0.3, -0.25) is 25.3 Å². The van der Waals surface area contributed by atoms with E-state index in [2.05, 4.69) is 25.9 Å². The van der Waals surface area contributed by atoms with E-state index >= 15 is 0 Å². The Morgan fingerprint density at radius 3 is 2.72 bits per heavy atom. The Balaban J connectivity index is 1.55. The molecule has 2 aromatic carbocycles. The number of para-hydroxylation sites is 1. The fourth-order valence-electron chi connectivity index (χ4n) is 3.10. The van der Waals surface area contributed by atoms with Gasteiger partial charge in [-0.25, -0.2) is 0 Å². The van der Waals surface area contributed by atoms with E-state index in [4.69, 9.17) is 18.0 Å². The van der Waals surface area contributed by atoms with Crippen LogP contribution in [0.1, 0.15) is 21.7 Å². The number of nitrogens with zero attached hydrogens (tertiary/aromatic N) is 3. The van der Waals surface area contributed by atoms with E-state index in [0.29, 0.717) is 11.3 Å². The van der Waals surface area contributed by atoms with Crippen molar-refractivity contribution < 1.29 is 4.79 Å². The molecule has 0 unspecified atom stereocenters. The number of carbonyl (C=O) groups excluding carboxylic acids is 1. The summed E-state index contributed by atoms with van der Waals surface area (Å²) in [7, 11) is 1.59. The maximum absolute atomic E-state index is 12.6. The van der Waals surface area contributed by atoms with E-state index in [1.165, 1.54) is 5.01 Å². The predicted octanol–water partition coefficient (Wildman–Crippen LogP) is 3.69. The Hall–Kier alpha value is -4.24. The summed E-state index contributed by atoms with van der Waals surface area (Å²) in [5, 5.41) is 13.1. The largest absolute Gasteiger partial charge is 0.375 e. The van der Waals surface area contributed by atoms with E-state index < -0.39 is 0 Å². The molecule has 9 heteroatoms. The van der Waals surface area contributed by atoms with Gasteiger partial charge < -0.3 is 11.1 Å². The molecule has 1 amide bonds. The van der Waals surface area contributed by atoms with Crippen LogP contribution in [0.5, 0.6) is 0 Å². The Morgan fingerprint density at radius 2 is 1.94 bits per heavy atom. The normalized spacial score (nSPS) is 10.9. The summed E-state index contributed by atoms with van der Waals surface area (Å²) in [6.45, 7) is 0. The first-order valence-electron chi connectivity index (χ1n) is 9.79. The van der Waals surface area contributed by atoms with Crippen molar-refractivity contribution in [3.05, 3.63) is 83.8 Å². The Kier molecular flexibility index (Phi) is 6.09. The molecule has 2 aromatic heterocycles. The van der Waals surface area contributed by atoms with Gasteiger partial charge in [-0.2, -0.15) is 5.10 Å². The van der Waals surface area contributed by atoms with Gasteiger partial charge in [0.1, 0.15) is 0 Å². The van der Waals surface area contributed by atoms with E-state index in [9.17, 15) is 4.79 Å². The number of rotatable bonds is 5. The van der Waals surface area contributed by atoms with Gasteiger partial charge in [-0.15, -0.1) is 0 Å². The second-order valence-corrected chi connectivity index (χ2v) is 7.38. The van der Waals surface area contributed by atoms with Gasteiger partial charge in [0, 0.05) is 24.3 Å². The fraction of sp³-hybridized carbons (Fsp3) is 0.0435. The molecule has 0 saturated carbocycles. The van der Waals surface area contributed by atoms with Gasteiger partial charge in [0.15, 0.2) is 5.11 Å². The number of thiocarbonyl (C=S) groups is 1. The van der Waals surface area contributed by atoms with Gasteiger partial charge in [0.2, 0.25) is 0 Å². The zero-order valence-corrected chi connectivity index (χ0v) is 18.1. The van der Waals surface area contributed by atoms with Crippen LogP contribution in [0.25, 0.3) is 23.1 Å². The smallest absolute Gasteiger partial charge is 0.271 e. The first kappa shape index (κ1) is 21.0. The Labute approximate surface area is 190 Å². The third-order valence-electron chi connectivity index (χ3n) is 4.74. The highest BCUT2D eigenvalue weighted by atomic mass is 32.1. The number of benzene rings is 2. The van der Waals surface area contributed by atoms with E-state index in [0.717, 1.165) is 28.0 Å². The number of amides is 1. The Morgan fingerprint density at radius 1 is 1.12 bits per heavy atom. The highest BCUT2D eigenvalue weighted by Crippen LogP contribution is 2.26. The summed E-state index contributed by atoms with van der Waals surface area (Å²) in [4.78, 5) is 16.9. The molecule has 0 fully saturated rings. The average Bonchev–Trinajstić information content (AvgIpc) is 3.20. The summed E-state index contributed by atoms with van der Waals surface area (Å²) in [6, 6.07) is 18.8. The van der Waals surface area contributed by atoms with Crippen LogP contribution in [-0.4, -0.2) is 38.3 Å². The van der Waals surface area contributed by atoms with Crippen LogP contribution in [0.4, 0.5) is 11.4 Å². The maximum Gasteiger partial charge on any atom is 0.271 e. The lowest BCUT2D eigenvalue weighted by molar-refractivity contribution is 0.0888. The van der Waals surface area contributed by atoms with Gasteiger partial charge in [0.05, 0.1) is 28.2 Å². The van der Waals surface area contributed by atoms with Crippen LogP contribution in [0.3, 0.4) is 0 Å². The quantitative estimate of drug-likeness (QED) is 0.275. The van der Waals surface area contributed by atoms with Crippen LogP contribution < -0.4 is 16.5 Å². The summed E-state index contributed by atoms with van der Waals surface area (Å²) in [5.41, 5.74) is 12.6. The van der Waals surface area contributed by atoms with Crippen molar-refractivity contribution in [3.63, 3.8) is 0 Å². The molecule has 0 spiro atoms. The van der Waals surface area contributed by atoms with Crippen LogP contribution in [-0.2, 0) is 0 Å². The highest BCUT2D eigenvalue weighted by molar-refractivity contribution is 7.80. The molecule has 0 bridgehead atoms. The molecule has 0 aliphatic rings. The summed E-state index contributed by atoms with van der Waals surface area (Å²) in [5.74, 6) is -0.326. The maximum atomic E-state index is 12.6. The second kappa shape index (κ2) is 9.27. The Bertz CT molecular complexity index is 1300. The molecule has 2 heterocycles. The SMILES string of the molecule is CN(NC(=O)c1ccccc1Nc1ccc2c(/C=C/c3ccccn3)n[nH]c2c1)C(N)=S. The fourth-order valence-corrected chi connectivity index (χ4v) is 3.14. The number of nitrogens with two attached hydrogens (primary N) is 1. The van der Waals surface area contributed by atoms with E-state index in [1.54, 1.807) is 25.4 Å². The number of H-pyrrole nitrogens is 1. The number of aromatic nitrogens is 3. The van der Waals surface area contributed by atoms with Gasteiger partial charge in [-0.05, 0) is 66.8 Å². The molecular formula is C23H21N7OS. The minimum atomic E-state index is -0.326. The van der Waals surface area contributed by atoms with Crippen molar-refractivity contribution in [1.29, 1.82) is 0 Å². The summed E-state index contributed by atoms with van der Waals surface area (Å²) >= 11 is 4.87. The first-order chi connectivity index (χ1) is 15.5. The number of hydrazine groups is 1.